The number of nitrogens with one attached hydrogen (secondary N) is 2. The number of nitrogen functional groups attached to an aromatic ring is 1. The number of aromatic amines is 1. The van der Waals surface area contributed by atoms with Crippen molar-refractivity contribution in [1.29, 1.82) is 0 Å². The maximum atomic E-state index is 12.0. The molecule has 2 rings (SSSR count). The van der Waals surface area contributed by atoms with E-state index in [2.05, 4.69) is 30.8 Å². The smallest absolute Gasteiger partial charge is 0.267 e. The number of halogens is 2. The summed E-state index contributed by atoms with van der Waals surface area (Å²) in [6, 6.07) is 4.70. The molecule has 1 heterocycles. The molecule has 1 aromatic heterocycles. The minimum Gasteiger partial charge on any atom is -0.383 e. The normalized spacial score (nSPS) is 11.4. The van der Waals surface area contributed by atoms with E-state index in [0.717, 1.165) is 6.20 Å². The first-order valence-electron chi connectivity index (χ1n) is 4.67. The van der Waals surface area contributed by atoms with Crippen LogP contribution in [0.5, 0.6) is 0 Å². The molecule has 0 amide bonds. The van der Waals surface area contributed by atoms with Gasteiger partial charge in [-0.3, -0.25) is 9.82 Å². The Labute approximate surface area is 117 Å². The van der Waals surface area contributed by atoms with Crippen molar-refractivity contribution in [2.24, 2.45) is 0 Å². The number of rotatable bonds is 3. The van der Waals surface area contributed by atoms with Gasteiger partial charge >= 0.3 is 0 Å². The molecule has 0 aliphatic heterocycles. The van der Waals surface area contributed by atoms with Crippen LogP contribution in [0.4, 0.5) is 11.5 Å². The second-order valence-electron chi connectivity index (χ2n) is 3.38. The largest absolute Gasteiger partial charge is 0.383 e. The van der Waals surface area contributed by atoms with Crippen molar-refractivity contribution in [3.63, 3.8) is 0 Å². The van der Waals surface area contributed by atoms with Crippen molar-refractivity contribution in [2.75, 3.05) is 10.5 Å². The standard InChI is InChI=1S/C9H8BrClN4O2S/c10-6-2-1-5(3-7(6)11)15-18(16,17)8-4-13-14-9(8)12/h1-4,15H,(H3,12,13,14). The third-order valence-corrected chi connectivity index (χ3v) is 4.73. The number of hydrogen-bond acceptors (Lipinski definition) is 4. The average molecular weight is 352 g/mol. The molecule has 6 nitrogen and oxygen atoms in total. The van der Waals surface area contributed by atoms with Crippen LogP contribution in [-0.4, -0.2) is 18.6 Å². The Kier molecular flexibility index (Phi) is 3.51. The first-order valence-corrected chi connectivity index (χ1v) is 7.32. The van der Waals surface area contributed by atoms with E-state index in [1.807, 2.05) is 0 Å². The molecule has 0 atom stereocenters. The van der Waals surface area contributed by atoms with Gasteiger partial charge in [-0.15, -0.1) is 0 Å². The second kappa shape index (κ2) is 4.79. The van der Waals surface area contributed by atoms with Crippen molar-refractivity contribution in [2.45, 2.75) is 4.90 Å². The molecule has 0 aliphatic carbocycles. The van der Waals surface area contributed by atoms with E-state index >= 15 is 0 Å². The Bertz CT molecular complexity index is 686. The molecule has 0 spiro atoms. The SMILES string of the molecule is Nc1[nH]ncc1S(=O)(=O)Nc1ccc(Br)c(Cl)c1. The van der Waals surface area contributed by atoms with Crippen molar-refractivity contribution in [3.8, 4) is 0 Å². The second-order valence-corrected chi connectivity index (χ2v) is 6.29. The molecule has 18 heavy (non-hydrogen) atoms. The monoisotopic (exact) mass is 350 g/mol. The third kappa shape index (κ3) is 2.60. The van der Waals surface area contributed by atoms with Crippen LogP contribution in [0.15, 0.2) is 33.8 Å². The summed E-state index contributed by atoms with van der Waals surface area (Å²) >= 11 is 9.09. The zero-order valence-corrected chi connectivity index (χ0v) is 12.0. The van der Waals surface area contributed by atoms with E-state index in [1.54, 1.807) is 12.1 Å². The third-order valence-electron chi connectivity index (χ3n) is 2.09. The van der Waals surface area contributed by atoms with E-state index in [4.69, 9.17) is 17.3 Å². The molecule has 1 aromatic carbocycles. The van der Waals surface area contributed by atoms with Crippen LogP contribution in [0.3, 0.4) is 0 Å². The fraction of sp³-hybridized carbons (Fsp3) is 0. The van der Waals surface area contributed by atoms with Crippen LogP contribution < -0.4 is 10.5 Å². The van der Waals surface area contributed by atoms with Crippen molar-refractivity contribution in [1.82, 2.24) is 10.2 Å². The average Bonchev–Trinajstić information content (AvgIpc) is 2.70. The van der Waals surface area contributed by atoms with Crippen molar-refractivity contribution < 1.29 is 8.42 Å². The maximum absolute atomic E-state index is 12.0. The summed E-state index contributed by atoms with van der Waals surface area (Å²) in [4.78, 5) is -0.110. The quantitative estimate of drug-likeness (QED) is 0.789. The lowest BCUT2D eigenvalue weighted by Crippen LogP contribution is -2.13. The molecule has 4 N–H and O–H groups in total. The topological polar surface area (TPSA) is 101 Å². The molecule has 0 fully saturated rings. The van der Waals surface area contributed by atoms with Crippen LogP contribution in [-0.2, 0) is 10.0 Å². The number of nitrogens with two attached hydrogens (primary N) is 1. The molecule has 0 radical (unpaired) electrons. The predicted octanol–water partition coefficient (Wildman–Crippen LogP) is 2.21. The van der Waals surface area contributed by atoms with Gasteiger partial charge in [-0.05, 0) is 34.1 Å². The molecular formula is C9H8BrClN4O2S. The number of aromatic nitrogens is 2. The zero-order valence-electron chi connectivity index (χ0n) is 8.81. The van der Waals surface area contributed by atoms with Gasteiger partial charge in [0.2, 0.25) is 0 Å². The molecule has 2 aromatic rings. The van der Waals surface area contributed by atoms with Crippen LogP contribution in [0.2, 0.25) is 5.02 Å². The Hall–Kier alpha value is -1.25. The van der Waals surface area contributed by atoms with Gasteiger partial charge in [-0.1, -0.05) is 11.6 Å². The van der Waals surface area contributed by atoms with Gasteiger partial charge in [-0.2, -0.15) is 5.10 Å². The minimum atomic E-state index is -3.77. The number of anilines is 2. The summed E-state index contributed by atoms with van der Waals surface area (Å²) in [6.45, 7) is 0. The summed E-state index contributed by atoms with van der Waals surface area (Å²) in [7, 11) is -3.77. The molecule has 9 heteroatoms. The minimum absolute atomic E-state index is 0.0225. The molecule has 0 unspecified atom stereocenters. The van der Waals surface area contributed by atoms with E-state index in [0.29, 0.717) is 15.2 Å². The number of H-pyrrole nitrogens is 1. The fourth-order valence-electron chi connectivity index (χ4n) is 1.27. The van der Waals surface area contributed by atoms with Gasteiger partial charge in [-0.25, -0.2) is 8.42 Å². The first-order chi connectivity index (χ1) is 8.40. The van der Waals surface area contributed by atoms with E-state index < -0.39 is 10.0 Å². The Balaban J connectivity index is 2.34. The van der Waals surface area contributed by atoms with Gasteiger partial charge in [0.25, 0.3) is 10.0 Å². The Morgan fingerprint density at radius 2 is 2.17 bits per heavy atom. The van der Waals surface area contributed by atoms with Crippen LogP contribution in [0.25, 0.3) is 0 Å². The van der Waals surface area contributed by atoms with Gasteiger partial charge < -0.3 is 5.73 Å². The van der Waals surface area contributed by atoms with E-state index in [9.17, 15) is 8.42 Å². The highest BCUT2D eigenvalue weighted by molar-refractivity contribution is 9.10. The molecule has 0 saturated carbocycles. The van der Waals surface area contributed by atoms with Gasteiger partial charge in [0, 0.05) is 4.47 Å². The van der Waals surface area contributed by atoms with E-state index in [-0.39, 0.29) is 10.7 Å². The number of hydrogen-bond donors (Lipinski definition) is 3. The number of sulfonamides is 1. The summed E-state index contributed by atoms with van der Waals surface area (Å²) in [5.74, 6) is -0.0225. The summed E-state index contributed by atoms with van der Waals surface area (Å²) in [6.07, 6.45) is 1.14. The predicted molar refractivity (Wildman–Crippen MR) is 73.0 cm³/mol. The highest BCUT2D eigenvalue weighted by atomic mass is 79.9. The number of benzene rings is 1. The fourth-order valence-corrected chi connectivity index (χ4v) is 2.77. The van der Waals surface area contributed by atoms with Crippen molar-refractivity contribution >= 4 is 49.1 Å². The molecule has 0 bridgehead atoms. The summed E-state index contributed by atoms with van der Waals surface area (Å²) in [5.41, 5.74) is 5.80. The van der Waals surface area contributed by atoms with Gasteiger partial charge in [0.05, 0.1) is 16.9 Å². The zero-order chi connectivity index (χ0) is 13.3. The van der Waals surface area contributed by atoms with E-state index in [1.165, 1.54) is 6.07 Å². The first kappa shape index (κ1) is 13.2. The van der Waals surface area contributed by atoms with Crippen molar-refractivity contribution in [3.05, 3.63) is 33.9 Å². The molecular weight excluding hydrogens is 344 g/mol. The van der Waals surface area contributed by atoms with Gasteiger partial charge in [0.15, 0.2) is 0 Å². The number of nitrogens with zero attached hydrogens (tertiary/aromatic N) is 1. The molecule has 0 saturated heterocycles. The van der Waals surface area contributed by atoms with Crippen LogP contribution >= 0.6 is 27.5 Å². The lowest BCUT2D eigenvalue weighted by Gasteiger charge is -2.07. The highest BCUT2D eigenvalue weighted by Gasteiger charge is 2.19. The van der Waals surface area contributed by atoms with Crippen LogP contribution in [0, 0.1) is 0 Å². The summed E-state index contributed by atoms with van der Waals surface area (Å²) in [5, 5.41) is 6.31. The maximum Gasteiger partial charge on any atom is 0.267 e. The Morgan fingerprint density at radius 1 is 1.44 bits per heavy atom. The van der Waals surface area contributed by atoms with Gasteiger partial charge in [0.1, 0.15) is 10.7 Å². The van der Waals surface area contributed by atoms with Crippen LogP contribution in [0.1, 0.15) is 0 Å². The lowest BCUT2D eigenvalue weighted by molar-refractivity contribution is 0.601. The summed E-state index contributed by atoms with van der Waals surface area (Å²) < 4.78 is 27.0. The Morgan fingerprint density at radius 3 is 2.72 bits per heavy atom. The lowest BCUT2D eigenvalue weighted by atomic mass is 10.3. The molecule has 96 valence electrons. The highest BCUT2D eigenvalue weighted by Crippen LogP contribution is 2.27. The molecule has 0 aliphatic rings.